The molecule has 1 amide bonds. The summed E-state index contributed by atoms with van der Waals surface area (Å²) >= 11 is 6.31. The highest BCUT2D eigenvalue weighted by molar-refractivity contribution is 6.46. The number of aryl methyl sites for hydroxylation is 1. The third-order valence-electron chi connectivity index (χ3n) is 5.20. The highest BCUT2D eigenvalue weighted by Gasteiger charge is 2.46. The van der Waals surface area contributed by atoms with E-state index in [0.29, 0.717) is 29.3 Å². The molecule has 0 spiro atoms. The molecule has 7 heteroatoms. The summed E-state index contributed by atoms with van der Waals surface area (Å²) in [6.07, 6.45) is 0.622. The van der Waals surface area contributed by atoms with Crippen molar-refractivity contribution in [3.63, 3.8) is 0 Å². The number of likely N-dealkylation sites (tertiary alicyclic amines) is 1. The van der Waals surface area contributed by atoms with Crippen molar-refractivity contribution in [1.29, 1.82) is 0 Å². The summed E-state index contributed by atoms with van der Waals surface area (Å²) in [6.45, 7) is 7.96. The van der Waals surface area contributed by atoms with Gasteiger partial charge in [0.2, 0.25) is 0 Å². The zero-order chi connectivity index (χ0) is 23.6. The van der Waals surface area contributed by atoms with E-state index in [2.05, 4.69) is 0 Å². The van der Waals surface area contributed by atoms with Crippen molar-refractivity contribution in [1.82, 2.24) is 4.90 Å². The fraction of sp³-hybridized carbons (Fsp3) is 0.360. The van der Waals surface area contributed by atoms with E-state index >= 15 is 0 Å². The lowest BCUT2D eigenvalue weighted by atomic mass is 9.94. The van der Waals surface area contributed by atoms with Crippen LogP contribution in [0.1, 0.15) is 49.9 Å². The maximum Gasteiger partial charge on any atom is 0.295 e. The fourth-order valence-electron chi connectivity index (χ4n) is 3.99. The number of hydrogen-bond donors (Lipinski definition) is 1. The molecule has 6 nitrogen and oxygen atoms in total. The molecule has 1 saturated heterocycles. The fourth-order valence-corrected chi connectivity index (χ4v) is 4.34. The SMILES string of the molecule is CCCN1C(=O)C(=O)/C(=C(/O)c2cc(C)cc(Cl)c2OC)C1c1cccc(OC(C)C)c1. The van der Waals surface area contributed by atoms with Gasteiger partial charge in [0.1, 0.15) is 17.3 Å². The van der Waals surface area contributed by atoms with Crippen LogP contribution in [0, 0.1) is 6.92 Å². The molecular weight excluding hydrogens is 430 g/mol. The number of carbonyl (C=O) groups is 2. The number of aliphatic hydroxyl groups excluding tert-OH is 1. The number of methoxy groups -OCH3 is 1. The Morgan fingerprint density at radius 3 is 2.56 bits per heavy atom. The van der Waals surface area contributed by atoms with Crippen LogP contribution in [0.25, 0.3) is 5.76 Å². The maximum atomic E-state index is 13.1. The zero-order valence-corrected chi connectivity index (χ0v) is 19.7. The van der Waals surface area contributed by atoms with E-state index < -0.39 is 17.7 Å². The highest BCUT2D eigenvalue weighted by Crippen LogP contribution is 2.43. The van der Waals surface area contributed by atoms with Gasteiger partial charge in [-0.2, -0.15) is 0 Å². The van der Waals surface area contributed by atoms with Crippen LogP contribution in [-0.2, 0) is 9.59 Å². The first kappa shape index (κ1) is 23.7. The van der Waals surface area contributed by atoms with E-state index in [0.717, 1.165) is 5.56 Å². The monoisotopic (exact) mass is 457 g/mol. The van der Waals surface area contributed by atoms with Crippen LogP contribution in [0.4, 0.5) is 0 Å². The van der Waals surface area contributed by atoms with Crippen molar-refractivity contribution in [2.75, 3.05) is 13.7 Å². The predicted octanol–water partition coefficient (Wildman–Crippen LogP) is 5.28. The highest BCUT2D eigenvalue weighted by atomic mass is 35.5. The molecule has 0 saturated carbocycles. The first-order valence-electron chi connectivity index (χ1n) is 10.6. The van der Waals surface area contributed by atoms with Crippen molar-refractivity contribution in [2.45, 2.75) is 46.3 Å². The summed E-state index contributed by atoms with van der Waals surface area (Å²) < 4.78 is 11.2. The van der Waals surface area contributed by atoms with E-state index in [9.17, 15) is 14.7 Å². The van der Waals surface area contributed by atoms with Crippen molar-refractivity contribution in [2.24, 2.45) is 0 Å². The third-order valence-corrected chi connectivity index (χ3v) is 5.48. The maximum absolute atomic E-state index is 13.1. The molecule has 1 heterocycles. The summed E-state index contributed by atoms with van der Waals surface area (Å²) in [5.41, 5.74) is 1.73. The quantitative estimate of drug-likeness (QED) is 0.348. The predicted molar refractivity (Wildman–Crippen MR) is 124 cm³/mol. The van der Waals surface area contributed by atoms with Gasteiger partial charge in [-0.3, -0.25) is 9.59 Å². The molecule has 0 bridgehead atoms. The van der Waals surface area contributed by atoms with E-state index in [1.54, 1.807) is 18.2 Å². The first-order valence-corrected chi connectivity index (χ1v) is 11.0. The van der Waals surface area contributed by atoms with Crippen LogP contribution >= 0.6 is 11.6 Å². The molecule has 1 fully saturated rings. The van der Waals surface area contributed by atoms with Gasteiger partial charge in [0, 0.05) is 6.54 Å². The van der Waals surface area contributed by atoms with Gasteiger partial charge >= 0.3 is 0 Å². The molecule has 0 radical (unpaired) electrons. The van der Waals surface area contributed by atoms with Crippen molar-refractivity contribution in [3.05, 3.63) is 63.7 Å². The average molecular weight is 458 g/mol. The molecule has 2 aromatic rings. The van der Waals surface area contributed by atoms with Gasteiger partial charge in [0.05, 0.1) is 35.4 Å². The standard InChI is InChI=1S/C25H28ClNO5/c1-6-10-27-21(16-8-7-9-17(13-16)32-14(2)3)20(23(29)25(27)30)22(28)18-11-15(4)12-19(26)24(18)31-5/h7-9,11-14,21,28H,6,10H2,1-5H3/b22-20+. The van der Waals surface area contributed by atoms with E-state index in [-0.39, 0.29) is 28.7 Å². The largest absolute Gasteiger partial charge is 0.507 e. The topological polar surface area (TPSA) is 76.1 Å². The Hall–Kier alpha value is -2.99. The van der Waals surface area contributed by atoms with Gasteiger partial charge < -0.3 is 19.5 Å². The number of ether oxygens (including phenoxy) is 2. The van der Waals surface area contributed by atoms with E-state index in [1.807, 2.05) is 45.9 Å². The molecular formula is C25H28ClNO5. The molecule has 2 aromatic carbocycles. The molecule has 1 N–H and O–H groups in total. The number of halogens is 1. The minimum atomic E-state index is -0.755. The smallest absolute Gasteiger partial charge is 0.295 e. The van der Waals surface area contributed by atoms with E-state index in [4.69, 9.17) is 21.1 Å². The Labute approximate surface area is 193 Å². The average Bonchev–Trinajstić information content (AvgIpc) is 2.98. The lowest BCUT2D eigenvalue weighted by Gasteiger charge is -2.25. The number of nitrogens with zero attached hydrogens (tertiary/aromatic N) is 1. The minimum absolute atomic E-state index is 0.00473. The normalized spacial score (nSPS) is 17.8. The van der Waals surface area contributed by atoms with Crippen molar-refractivity contribution in [3.8, 4) is 11.5 Å². The molecule has 1 atom stereocenters. The first-order chi connectivity index (χ1) is 15.2. The third kappa shape index (κ3) is 4.46. The summed E-state index contributed by atoms with van der Waals surface area (Å²) in [4.78, 5) is 27.5. The lowest BCUT2D eigenvalue weighted by Crippen LogP contribution is -2.30. The van der Waals surface area contributed by atoms with Crippen LogP contribution in [0.5, 0.6) is 11.5 Å². The zero-order valence-electron chi connectivity index (χ0n) is 18.9. The molecule has 1 unspecified atom stereocenters. The summed E-state index contributed by atoms with van der Waals surface area (Å²) in [7, 11) is 1.44. The molecule has 0 aliphatic carbocycles. The molecule has 3 rings (SSSR count). The Kier molecular flexibility index (Phi) is 7.14. The Morgan fingerprint density at radius 2 is 1.94 bits per heavy atom. The Balaban J connectivity index is 2.25. The number of hydrogen-bond acceptors (Lipinski definition) is 5. The van der Waals surface area contributed by atoms with Gasteiger partial charge in [0.15, 0.2) is 0 Å². The second-order valence-corrected chi connectivity index (χ2v) is 8.47. The minimum Gasteiger partial charge on any atom is -0.507 e. The molecule has 1 aliphatic heterocycles. The molecule has 0 aromatic heterocycles. The molecule has 32 heavy (non-hydrogen) atoms. The molecule has 1 aliphatic rings. The number of carbonyl (C=O) groups excluding carboxylic acids is 2. The van der Waals surface area contributed by atoms with Gasteiger partial charge in [-0.1, -0.05) is 30.7 Å². The van der Waals surface area contributed by atoms with Crippen LogP contribution in [0.15, 0.2) is 42.0 Å². The van der Waals surface area contributed by atoms with Crippen molar-refractivity contribution >= 4 is 29.1 Å². The van der Waals surface area contributed by atoms with E-state index in [1.165, 1.54) is 12.0 Å². The number of rotatable bonds is 7. The second kappa shape index (κ2) is 9.65. The van der Waals surface area contributed by atoms with Crippen LogP contribution in [-0.4, -0.2) is 41.5 Å². The summed E-state index contributed by atoms with van der Waals surface area (Å²) in [5.74, 6) is -0.838. The number of benzene rings is 2. The number of amides is 1. The number of ketones is 1. The van der Waals surface area contributed by atoms with Crippen molar-refractivity contribution < 1.29 is 24.2 Å². The second-order valence-electron chi connectivity index (χ2n) is 8.06. The Bertz CT molecular complexity index is 1080. The number of Topliss-reactive ketones (excluding diaryl/α,β-unsaturated/α-hetero) is 1. The molecule has 170 valence electrons. The summed E-state index contributed by atoms with van der Waals surface area (Å²) in [5, 5.41) is 11.6. The van der Waals surface area contributed by atoms with Gasteiger partial charge in [-0.25, -0.2) is 0 Å². The van der Waals surface area contributed by atoms with Crippen LogP contribution in [0.2, 0.25) is 5.02 Å². The summed E-state index contributed by atoms with van der Waals surface area (Å²) in [6, 6.07) is 9.88. The Morgan fingerprint density at radius 1 is 1.22 bits per heavy atom. The lowest BCUT2D eigenvalue weighted by molar-refractivity contribution is -0.139. The van der Waals surface area contributed by atoms with Gasteiger partial charge in [0.25, 0.3) is 11.7 Å². The van der Waals surface area contributed by atoms with Crippen LogP contribution in [0.3, 0.4) is 0 Å². The van der Waals surface area contributed by atoms with Crippen LogP contribution < -0.4 is 9.47 Å². The van der Waals surface area contributed by atoms with Gasteiger partial charge in [-0.05, 0) is 62.6 Å². The number of aliphatic hydroxyl groups is 1. The van der Waals surface area contributed by atoms with Gasteiger partial charge in [-0.15, -0.1) is 0 Å².